The van der Waals surface area contributed by atoms with E-state index >= 15 is 0 Å². The van der Waals surface area contributed by atoms with Gasteiger partial charge in [-0.05, 0) is 29.8 Å². The van der Waals surface area contributed by atoms with E-state index in [0.29, 0.717) is 17.5 Å². The van der Waals surface area contributed by atoms with Gasteiger partial charge in [-0.1, -0.05) is 23.7 Å². The molecule has 3 aromatic rings. The Morgan fingerprint density at radius 1 is 1.16 bits per heavy atom. The molecule has 0 amide bonds. The first-order valence-electron chi connectivity index (χ1n) is 5.81. The molecule has 0 radical (unpaired) electrons. The molecular weight excluding hydrogens is 262 g/mol. The second-order valence-electron chi connectivity index (χ2n) is 4.18. The van der Waals surface area contributed by atoms with Gasteiger partial charge in [0.25, 0.3) is 0 Å². The van der Waals surface area contributed by atoms with E-state index in [-0.39, 0.29) is 0 Å². The average molecular weight is 274 g/mol. The Labute approximate surface area is 115 Å². The van der Waals surface area contributed by atoms with Crippen LogP contribution in [0.3, 0.4) is 0 Å². The van der Waals surface area contributed by atoms with Gasteiger partial charge in [-0.3, -0.25) is 0 Å². The number of benzene rings is 1. The SMILES string of the molecule is Nc1ccc(CNc2nc3ccc(Cl)cn3n2)cc1. The Kier molecular flexibility index (Phi) is 2.97. The van der Waals surface area contributed by atoms with Gasteiger partial charge >= 0.3 is 0 Å². The van der Waals surface area contributed by atoms with Crippen molar-refractivity contribution in [1.29, 1.82) is 0 Å². The van der Waals surface area contributed by atoms with Crippen LogP contribution in [0.1, 0.15) is 5.56 Å². The van der Waals surface area contributed by atoms with Gasteiger partial charge < -0.3 is 11.1 Å². The standard InChI is InChI=1S/C13H12ClN5/c14-10-3-6-12-17-13(18-19(12)8-10)16-7-9-1-4-11(15)5-2-9/h1-6,8H,7,15H2,(H,16,18). The molecular formula is C13H12ClN5. The van der Waals surface area contributed by atoms with Gasteiger partial charge in [-0.2, -0.15) is 4.98 Å². The van der Waals surface area contributed by atoms with Crippen molar-refractivity contribution in [3.8, 4) is 0 Å². The van der Waals surface area contributed by atoms with E-state index in [9.17, 15) is 0 Å². The lowest BCUT2D eigenvalue weighted by atomic mass is 10.2. The highest BCUT2D eigenvalue weighted by molar-refractivity contribution is 6.30. The molecule has 3 rings (SSSR count). The molecule has 0 aliphatic heterocycles. The van der Waals surface area contributed by atoms with Crippen molar-refractivity contribution in [2.45, 2.75) is 6.54 Å². The minimum atomic E-state index is 0.569. The molecule has 0 aliphatic carbocycles. The lowest BCUT2D eigenvalue weighted by Gasteiger charge is -2.02. The van der Waals surface area contributed by atoms with Gasteiger partial charge in [0.15, 0.2) is 5.65 Å². The largest absolute Gasteiger partial charge is 0.399 e. The molecule has 0 spiro atoms. The van der Waals surface area contributed by atoms with Crippen LogP contribution in [-0.2, 0) is 6.54 Å². The molecule has 2 aromatic heterocycles. The average Bonchev–Trinajstić information content (AvgIpc) is 2.80. The number of pyridine rings is 1. The number of nitrogens with two attached hydrogens (primary N) is 1. The summed E-state index contributed by atoms with van der Waals surface area (Å²) in [4.78, 5) is 4.34. The van der Waals surface area contributed by atoms with Gasteiger partial charge in [0.1, 0.15) is 0 Å². The number of nitrogen functional groups attached to an aromatic ring is 1. The molecule has 2 heterocycles. The number of halogens is 1. The second-order valence-corrected chi connectivity index (χ2v) is 4.62. The predicted molar refractivity (Wildman–Crippen MR) is 76.2 cm³/mol. The van der Waals surface area contributed by atoms with E-state index in [0.717, 1.165) is 16.9 Å². The van der Waals surface area contributed by atoms with E-state index in [1.54, 1.807) is 16.8 Å². The van der Waals surface area contributed by atoms with Crippen molar-refractivity contribution in [2.24, 2.45) is 0 Å². The molecule has 1 aromatic carbocycles. The number of nitrogens with zero attached hydrogens (tertiary/aromatic N) is 3. The Morgan fingerprint density at radius 3 is 2.74 bits per heavy atom. The van der Waals surface area contributed by atoms with Crippen LogP contribution in [0, 0.1) is 0 Å². The summed E-state index contributed by atoms with van der Waals surface area (Å²) in [5.41, 5.74) is 8.26. The highest BCUT2D eigenvalue weighted by Crippen LogP contribution is 2.12. The summed E-state index contributed by atoms with van der Waals surface area (Å²) in [7, 11) is 0. The summed E-state index contributed by atoms with van der Waals surface area (Å²) < 4.78 is 1.65. The van der Waals surface area contributed by atoms with Gasteiger partial charge in [-0.25, -0.2) is 4.52 Å². The van der Waals surface area contributed by atoms with Crippen LogP contribution in [-0.4, -0.2) is 14.6 Å². The zero-order valence-corrected chi connectivity index (χ0v) is 10.8. The fraction of sp³-hybridized carbons (Fsp3) is 0.0769. The van der Waals surface area contributed by atoms with Crippen LogP contribution in [0.15, 0.2) is 42.6 Å². The maximum Gasteiger partial charge on any atom is 0.243 e. The van der Waals surface area contributed by atoms with Crippen molar-refractivity contribution in [1.82, 2.24) is 14.6 Å². The van der Waals surface area contributed by atoms with Gasteiger partial charge in [0.2, 0.25) is 5.95 Å². The molecule has 6 heteroatoms. The summed E-state index contributed by atoms with van der Waals surface area (Å²) in [6, 6.07) is 11.3. The van der Waals surface area contributed by atoms with Crippen LogP contribution in [0.4, 0.5) is 11.6 Å². The zero-order chi connectivity index (χ0) is 13.2. The Hall–Kier alpha value is -2.27. The Bertz CT molecular complexity index is 705. The van der Waals surface area contributed by atoms with Crippen molar-refractivity contribution < 1.29 is 0 Å². The third kappa shape index (κ3) is 2.61. The topological polar surface area (TPSA) is 68.2 Å². The van der Waals surface area contributed by atoms with Crippen LogP contribution in [0.5, 0.6) is 0 Å². The summed E-state index contributed by atoms with van der Waals surface area (Å²) in [5.74, 6) is 0.569. The summed E-state index contributed by atoms with van der Waals surface area (Å²) in [6.45, 7) is 0.644. The smallest absolute Gasteiger partial charge is 0.243 e. The lowest BCUT2D eigenvalue weighted by Crippen LogP contribution is -2.01. The highest BCUT2D eigenvalue weighted by Gasteiger charge is 2.03. The molecule has 0 atom stereocenters. The van der Waals surface area contributed by atoms with E-state index in [2.05, 4.69) is 15.4 Å². The van der Waals surface area contributed by atoms with Crippen LogP contribution >= 0.6 is 11.6 Å². The third-order valence-corrected chi connectivity index (χ3v) is 2.95. The number of aromatic nitrogens is 3. The van der Waals surface area contributed by atoms with Crippen molar-refractivity contribution in [3.05, 3.63) is 53.2 Å². The summed E-state index contributed by atoms with van der Waals surface area (Å²) >= 11 is 5.89. The molecule has 0 bridgehead atoms. The molecule has 19 heavy (non-hydrogen) atoms. The van der Waals surface area contributed by atoms with Gasteiger partial charge in [0, 0.05) is 18.4 Å². The first-order valence-corrected chi connectivity index (χ1v) is 6.19. The minimum absolute atomic E-state index is 0.569. The molecule has 96 valence electrons. The molecule has 0 saturated carbocycles. The van der Waals surface area contributed by atoms with Crippen LogP contribution < -0.4 is 11.1 Å². The molecule has 3 N–H and O–H groups in total. The zero-order valence-electron chi connectivity index (χ0n) is 10.0. The minimum Gasteiger partial charge on any atom is -0.399 e. The van der Waals surface area contributed by atoms with E-state index in [1.165, 1.54) is 0 Å². The maximum atomic E-state index is 5.89. The van der Waals surface area contributed by atoms with Crippen molar-refractivity contribution in [3.63, 3.8) is 0 Å². The number of anilines is 2. The molecule has 5 nitrogen and oxygen atoms in total. The second kappa shape index (κ2) is 4.78. The molecule has 0 saturated heterocycles. The summed E-state index contributed by atoms with van der Waals surface area (Å²) in [5, 5.41) is 8.08. The molecule has 0 aliphatic rings. The first kappa shape index (κ1) is 11.8. The van der Waals surface area contributed by atoms with Crippen LogP contribution in [0.2, 0.25) is 5.02 Å². The fourth-order valence-electron chi connectivity index (χ4n) is 1.75. The van der Waals surface area contributed by atoms with E-state index < -0.39 is 0 Å². The number of hydrogen-bond donors (Lipinski definition) is 2. The fourth-order valence-corrected chi connectivity index (χ4v) is 1.90. The number of nitrogens with one attached hydrogen (secondary N) is 1. The van der Waals surface area contributed by atoms with E-state index in [4.69, 9.17) is 17.3 Å². The molecule has 0 unspecified atom stereocenters. The highest BCUT2D eigenvalue weighted by atomic mass is 35.5. The number of hydrogen-bond acceptors (Lipinski definition) is 4. The predicted octanol–water partition coefficient (Wildman–Crippen LogP) is 2.58. The number of rotatable bonds is 3. The van der Waals surface area contributed by atoms with Crippen molar-refractivity contribution in [2.75, 3.05) is 11.1 Å². The maximum absolute atomic E-state index is 5.89. The van der Waals surface area contributed by atoms with Crippen LogP contribution in [0.25, 0.3) is 5.65 Å². The van der Waals surface area contributed by atoms with E-state index in [1.807, 2.05) is 30.3 Å². The Balaban J connectivity index is 1.76. The van der Waals surface area contributed by atoms with Crippen molar-refractivity contribution >= 4 is 28.9 Å². The molecule has 0 fully saturated rings. The summed E-state index contributed by atoms with van der Waals surface area (Å²) in [6.07, 6.45) is 1.72. The first-order chi connectivity index (χ1) is 9.20. The number of fused-ring (bicyclic) bond motifs is 1. The lowest BCUT2D eigenvalue weighted by molar-refractivity contribution is 0.950. The van der Waals surface area contributed by atoms with Gasteiger partial charge in [0.05, 0.1) is 5.02 Å². The Morgan fingerprint density at radius 2 is 1.95 bits per heavy atom. The quantitative estimate of drug-likeness (QED) is 0.720. The third-order valence-electron chi connectivity index (χ3n) is 2.73. The normalized spacial score (nSPS) is 10.8. The van der Waals surface area contributed by atoms with Gasteiger partial charge in [-0.15, -0.1) is 5.10 Å². The monoisotopic (exact) mass is 273 g/mol.